The van der Waals surface area contributed by atoms with Crippen LogP contribution in [0.15, 0.2) is 47.6 Å². The molecular weight excluding hydrogens is 387 g/mol. The van der Waals surface area contributed by atoms with Gasteiger partial charge in [0.2, 0.25) is 0 Å². The third-order valence-electron chi connectivity index (χ3n) is 3.13. The summed E-state index contributed by atoms with van der Waals surface area (Å²) in [7, 11) is 0. The van der Waals surface area contributed by atoms with Gasteiger partial charge in [-0.15, -0.1) is 0 Å². The van der Waals surface area contributed by atoms with Gasteiger partial charge in [-0.1, -0.05) is 23.7 Å². The zero-order valence-corrected chi connectivity index (χ0v) is 15.2. The molecule has 0 aliphatic heterocycles. The molecule has 2 rings (SSSR count). The van der Waals surface area contributed by atoms with Gasteiger partial charge >= 0.3 is 6.18 Å². The third kappa shape index (κ3) is 5.60. The smallest absolute Gasteiger partial charge is 0.416 e. The van der Waals surface area contributed by atoms with Gasteiger partial charge in [0.1, 0.15) is 5.75 Å². The van der Waals surface area contributed by atoms with Crippen LogP contribution < -0.4 is 15.5 Å². The van der Waals surface area contributed by atoms with Crippen molar-refractivity contribution in [3.63, 3.8) is 0 Å². The Labute approximate surface area is 159 Å². The number of alkyl halides is 3. The molecule has 0 radical (unpaired) electrons. The van der Waals surface area contributed by atoms with E-state index < -0.39 is 11.7 Å². The summed E-state index contributed by atoms with van der Waals surface area (Å²) in [6.45, 7) is 2.37. The van der Waals surface area contributed by atoms with Gasteiger partial charge in [-0.3, -0.25) is 5.43 Å². The lowest BCUT2D eigenvalue weighted by molar-refractivity contribution is -0.137. The predicted molar refractivity (Wildman–Crippen MR) is 101 cm³/mol. The lowest BCUT2D eigenvalue weighted by Gasteiger charge is -2.12. The number of hydrazone groups is 1. The molecule has 9 heteroatoms. The maximum atomic E-state index is 12.8. The highest BCUT2D eigenvalue weighted by atomic mass is 35.5. The Morgan fingerprint density at radius 1 is 1.27 bits per heavy atom. The minimum atomic E-state index is -4.47. The van der Waals surface area contributed by atoms with E-state index in [1.807, 2.05) is 19.1 Å². The van der Waals surface area contributed by atoms with Crippen molar-refractivity contribution in [2.45, 2.75) is 13.1 Å². The van der Waals surface area contributed by atoms with Crippen LogP contribution in [0.4, 0.5) is 18.9 Å². The van der Waals surface area contributed by atoms with Crippen molar-refractivity contribution in [1.82, 2.24) is 5.43 Å². The van der Waals surface area contributed by atoms with Crippen LogP contribution in [0, 0.1) is 0 Å². The van der Waals surface area contributed by atoms with Crippen LogP contribution >= 0.6 is 23.8 Å². The fraction of sp³-hybridized carbons (Fsp3) is 0.176. The molecule has 0 bridgehead atoms. The Morgan fingerprint density at radius 2 is 2.00 bits per heavy atom. The molecule has 0 aromatic heterocycles. The number of rotatable bonds is 5. The summed E-state index contributed by atoms with van der Waals surface area (Å²) in [5.74, 6) is 0.653. The molecule has 0 fully saturated rings. The topological polar surface area (TPSA) is 45.6 Å². The highest BCUT2D eigenvalue weighted by Crippen LogP contribution is 2.33. The van der Waals surface area contributed by atoms with Gasteiger partial charge < -0.3 is 10.1 Å². The molecule has 0 saturated heterocycles. The van der Waals surface area contributed by atoms with E-state index in [9.17, 15) is 13.2 Å². The Balaban J connectivity index is 2.04. The van der Waals surface area contributed by atoms with Crippen molar-refractivity contribution >= 4 is 40.8 Å². The largest absolute Gasteiger partial charge is 0.493 e. The number of hydrogen-bond donors (Lipinski definition) is 2. The first-order valence-corrected chi connectivity index (χ1v) is 8.28. The van der Waals surface area contributed by atoms with E-state index in [1.165, 1.54) is 6.21 Å². The molecule has 2 aromatic carbocycles. The number of ether oxygens (including phenoxy) is 1. The van der Waals surface area contributed by atoms with Crippen LogP contribution in [0.2, 0.25) is 5.02 Å². The summed E-state index contributed by atoms with van der Waals surface area (Å²) in [4.78, 5) is 0. The summed E-state index contributed by atoms with van der Waals surface area (Å²) < 4.78 is 43.8. The van der Waals surface area contributed by atoms with Gasteiger partial charge in [-0.05, 0) is 49.5 Å². The third-order valence-corrected chi connectivity index (χ3v) is 3.65. The fourth-order valence-electron chi connectivity index (χ4n) is 1.98. The number of hydrogen-bond acceptors (Lipinski definition) is 3. The van der Waals surface area contributed by atoms with E-state index in [-0.39, 0.29) is 15.8 Å². The molecule has 2 N–H and O–H groups in total. The first kappa shape index (κ1) is 20.0. The second-order valence-electron chi connectivity index (χ2n) is 4.99. The minimum absolute atomic E-state index is 0.00337. The molecule has 26 heavy (non-hydrogen) atoms. The molecule has 2 aromatic rings. The quantitative estimate of drug-likeness (QED) is 0.417. The van der Waals surface area contributed by atoms with Gasteiger partial charge in [0.25, 0.3) is 0 Å². The average molecular weight is 402 g/mol. The number of anilines is 1. The normalized spacial score (nSPS) is 11.4. The van der Waals surface area contributed by atoms with Crippen LogP contribution in [0.1, 0.15) is 18.1 Å². The van der Waals surface area contributed by atoms with Crippen molar-refractivity contribution in [2.24, 2.45) is 5.10 Å². The molecule has 0 heterocycles. The van der Waals surface area contributed by atoms with E-state index in [0.717, 1.165) is 23.8 Å². The first-order chi connectivity index (χ1) is 12.3. The number of halogens is 4. The Bertz CT molecular complexity index is 812. The van der Waals surface area contributed by atoms with Crippen molar-refractivity contribution in [3.05, 3.63) is 58.6 Å². The fourth-order valence-corrected chi connectivity index (χ4v) is 2.31. The molecular formula is C17H15ClF3N3OS. The van der Waals surface area contributed by atoms with E-state index >= 15 is 0 Å². The van der Waals surface area contributed by atoms with E-state index in [4.69, 9.17) is 28.6 Å². The van der Waals surface area contributed by atoms with Gasteiger partial charge in [0.15, 0.2) is 5.11 Å². The summed E-state index contributed by atoms with van der Waals surface area (Å²) in [5.41, 5.74) is 2.45. The van der Waals surface area contributed by atoms with Gasteiger partial charge in [0.05, 0.1) is 29.1 Å². The number of nitrogens with zero attached hydrogens (tertiary/aromatic N) is 1. The lowest BCUT2D eigenvalue weighted by atomic mass is 10.2. The van der Waals surface area contributed by atoms with Gasteiger partial charge in [-0.2, -0.15) is 18.3 Å². The molecule has 0 aliphatic carbocycles. The van der Waals surface area contributed by atoms with Gasteiger partial charge in [0, 0.05) is 5.56 Å². The highest BCUT2D eigenvalue weighted by molar-refractivity contribution is 7.80. The molecule has 0 atom stereocenters. The van der Waals surface area contributed by atoms with Crippen molar-refractivity contribution < 1.29 is 17.9 Å². The first-order valence-electron chi connectivity index (χ1n) is 7.50. The number of benzene rings is 2. The average Bonchev–Trinajstić information content (AvgIpc) is 2.57. The Morgan fingerprint density at radius 3 is 2.69 bits per heavy atom. The zero-order valence-electron chi connectivity index (χ0n) is 13.6. The van der Waals surface area contributed by atoms with E-state index in [2.05, 4.69) is 15.8 Å². The van der Waals surface area contributed by atoms with Crippen LogP contribution in [0.5, 0.6) is 5.75 Å². The summed E-state index contributed by atoms with van der Waals surface area (Å²) >= 11 is 10.9. The van der Waals surface area contributed by atoms with Crippen LogP contribution in [0.25, 0.3) is 0 Å². The number of para-hydroxylation sites is 1. The maximum absolute atomic E-state index is 12.8. The van der Waals surface area contributed by atoms with Crippen LogP contribution in [0.3, 0.4) is 0 Å². The predicted octanol–water partition coefficient (Wildman–Crippen LogP) is 5.08. The van der Waals surface area contributed by atoms with E-state index in [1.54, 1.807) is 12.1 Å². The lowest BCUT2D eigenvalue weighted by Crippen LogP contribution is -2.24. The summed E-state index contributed by atoms with van der Waals surface area (Å²) in [6.07, 6.45) is -2.98. The van der Waals surface area contributed by atoms with Crippen LogP contribution in [-0.2, 0) is 6.18 Å². The van der Waals surface area contributed by atoms with E-state index in [0.29, 0.717) is 12.4 Å². The summed E-state index contributed by atoms with van der Waals surface area (Å²) in [6, 6.07) is 10.2. The van der Waals surface area contributed by atoms with Crippen molar-refractivity contribution in [3.8, 4) is 5.75 Å². The molecule has 0 aliphatic rings. The molecule has 0 saturated carbocycles. The standard InChI is InChI=1S/C17H15ClF3N3OS/c1-2-25-15-6-4-3-5-11(15)10-22-24-16(26)23-14-9-12(17(19,20)21)7-8-13(14)18/h3-10H,2H2,1H3,(H2,23,24,26)/b22-10-. The molecule has 0 amide bonds. The van der Waals surface area contributed by atoms with Crippen LogP contribution in [-0.4, -0.2) is 17.9 Å². The second-order valence-corrected chi connectivity index (χ2v) is 5.80. The molecule has 0 spiro atoms. The minimum Gasteiger partial charge on any atom is -0.493 e. The summed E-state index contributed by atoms with van der Waals surface area (Å²) in [5, 5.41) is 6.65. The molecule has 138 valence electrons. The second kappa shape index (κ2) is 8.86. The monoisotopic (exact) mass is 401 g/mol. The number of nitrogens with one attached hydrogen (secondary N) is 2. The SMILES string of the molecule is CCOc1ccccc1/C=N\NC(=S)Nc1cc(C(F)(F)F)ccc1Cl. The molecule has 0 unspecified atom stereocenters. The number of thiocarbonyl (C=S) groups is 1. The Hall–Kier alpha value is -2.32. The molecule has 4 nitrogen and oxygen atoms in total. The Kier molecular flexibility index (Phi) is 6.82. The zero-order chi connectivity index (χ0) is 19.2. The maximum Gasteiger partial charge on any atom is 0.416 e. The van der Waals surface area contributed by atoms with Crippen molar-refractivity contribution in [1.29, 1.82) is 0 Å². The van der Waals surface area contributed by atoms with Crippen molar-refractivity contribution in [2.75, 3.05) is 11.9 Å². The highest BCUT2D eigenvalue weighted by Gasteiger charge is 2.31. The van der Waals surface area contributed by atoms with Gasteiger partial charge in [-0.25, -0.2) is 0 Å².